The molecule has 124 valence electrons. The quantitative estimate of drug-likeness (QED) is 0.725. The minimum absolute atomic E-state index is 0.392. The number of carbonyl (C=O) groups excluding carboxylic acids is 1. The van der Waals surface area contributed by atoms with Crippen molar-refractivity contribution >= 4 is 44.5 Å². The Morgan fingerprint density at radius 1 is 1.17 bits per heavy atom. The summed E-state index contributed by atoms with van der Waals surface area (Å²) in [5.41, 5.74) is 1.26. The molecule has 1 N–H and O–H groups in total. The van der Waals surface area contributed by atoms with Crippen molar-refractivity contribution in [2.45, 2.75) is 38.0 Å². The van der Waals surface area contributed by atoms with E-state index in [1.54, 1.807) is 0 Å². The second kappa shape index (κ2) is 6.97. The molecule has 23 heavy (non-hydrogen) atoms. The molecular formula is C17H20BrNO2S2. The molecule has 1 aromatic carbocycles. The van der Waals surface area contributed by atoms with Crippen molar-refractivity contribution in [3.05, 3.63) is 56.2 Å². The van der Waals surface area contributed by atoms with Crippen LogP contribution in [0.15, 0.2) is 40.2 Å². The summed E-state index contributed by atoms with van der Waals surface area (Å²) >= 11 is 4.89. The van der Waals surface area contributed by atoms with Crippen LogP contribution in [0.25, 0.3) is 0 Å². The molecule has 0 aliphatic heterocycles. The monoisotopic (exact) mass is 413 g/mol. The maximum absolute atomic E-state index is 12.7. The average molecular weight is 414 g/mol. The van der Waals surface area contributed by atoms with Crippen molar-refractivity contribution in [3.63, 3.8) is 0 Å². The minimum Gasteiger partial charge on any atom is -0.297 e. The van der Waals surface area contributed by atoms with E-state index in [1.165, 1.54) is 11.3 Å². The van der Waals surface area contributed by atoms with E-state index in [2.05, 4.69) is 20.7 Å². The molecule has 1 aromatic heterocycles. The van der Waals surface area contributed by atoms with Crippen molar-refractivity contribution < 1.29 is 9.00 Å². The number of rotatable bonds is 5. The fraction of sp³-hybridized carbons (Fsp3) is 0.353. The molecule has 1 heterocycles. The summed E-state index contributed by atoms with van der Waals surface area (Å²) < 4.78 is 16.5. The standard InChI is InChI=1S/C17H20BrNO2S2/c1-16(2,3)23(21)19-17(4,12-6-5-7-14(18)8-12)13-9-15(10-20)22-11-13/h5-11,19H,1-4H3/t17-,23?/m1/s1. The first-order valence-electron chi connectivity index (χ1n) is 7.17. The van der Waals surface area contributed by atoms with Crippen LogP contribution in [0.3, 0.4) is 0 Å². The fourth-order valence-electron chi connectivity index (χ4n) is 2.10. The first-order valence-corrected chi connectivity index (χ1v) is 9.99. The average Bonchev–Trinajstić information content (AvgIpc) is 2.95. The van der Waals surface area contributed by atoms with Crippen molar-refractivity contribution in [1.29, 1.82) is 0 Å². The molecule has 0 bridgehead atoms. The number of hydrogen-bond acceptors (Lipinski definition) is 3. The number of thiophene rings is 1. The van der Waals surface area contributed by atoms with Crippen LogP contribution in [0, 0.1) is 0 Å². The van der Waals surface area contributed by atoms with E-state index in [9.17, 15) is 9.00 Å². The highest BCUT2D eigenvalue weighted by molar-refractivity contribution is 9.10. The molecule has 0 spiro atoms. The van der Waals surface area contributed by atoms with Crippen LogP contribution in [0.4, 0.5) is 0 Å². The van der Waals surface area contributed by atoms with Gasteiger partial charge in [0.15, 0.2) is 6.29 Å². The van der Waals surface area contributed by atoms with Crippen molar-refractivity contribution in [3.8, 4) is 0 Å². The summed E-state index contributed by atoms with van der Waals surface area (Å²) in [7, 11) is -1.26. The molecule has 2 rings (SSSR count). The van der Waals surface area contributed by atoms with Crippen LogP contribution in [0.2, 0.25) is 0 Å². The van der Waals surface area contributed by atoms with Gasteiger partial charge in [-0.15, -0.1) is 11.3 Å². The molecule has 0 fully saturated rings. The summed E-state index contributed by atoms with van der Waals surface area (Å²) in [6.45, 7) is 7.79. The number of nitrogens with one attached hydrogen (secondary N) is 1. The van der Waals surface area contributed by atoms with Crippen LogP contribution in [0.5, 0.6) is 0 Å². The zero-order chi connectivity index (χ0) is 17.3. The van der Waals surface area contributed by atoms with Gasteiger partial charge in [-0.05, 0) is 62.4 Å². The van der Waals surface area contributed by atoms with Gasteiger partial charge in [-0.1, -0.05) is 28.1 Å². The maximum atomic E-state index is 12.7. The van der Waals surface area contributed by atoms with E-state index in [0.717, 1.165) is 21.9 Å². The lowest BCUT2D eigenvalue weighted by atomic mass is 9.87. The number of hydrogen-bond donors (Lipinski definition) is 1. The highest BCUT2D eigenvalue weighted by atomic mass is 79.9. The minimum atomic E-state index is -1.26. The highest BCUT2D eigenvalue weighted by Gasteiger charge is 2.35. The highest BCUT2D eigenvalue weighted by Crippen LogP contribution is 2.34. The van der Waals surface area contributed by atoms with E-state index in [-0.39, 0.29) is 0 Å². The van der Waals surface area contributed by atoms with Crippen LogP contribution in [-0.4, -0.2) is 15.2 Å². The van der Waals surface area contributed by atoms with E-state index in [4.69, 9.17) is 0 Å². The fourth-order valence-corrected chi connectivity index (χ4v) is 4.23. The molecule has 1 unspecified atom stereocenters. The van der Waals surface area contributed by atoms with Gasteiger partial charge in [-0.25, -0.2) is 8.93 Å². The Hall–Kier alpha value is -0.820. The molecule has 2 atom stereocenters. The third-order valence-electron chi connectivity index (χ3n) is 3.57. The van der Waals surface area contributed by atoms with Crippen molar-refractivity contribution in [1.82, 2.24) is 4.72 Å². The van der Waals surface area contributed by atoms with Gasteiger partial charge in [0, 0.05) is 4.47 Å². The lowest BCUT2D eigenvalue weighted by molar-refractivity contribution is 0.112. The molecule has 6 heteroatoms. The summed E-state index contributed by atoms with van der Waals surface area (Å²) in [4.78, 5) is 11.7. The normalized spacial score (nSPS) is 15.9. The number of benzene rings is 1. The van der Waals surface area contributed by atoms with Gasteiger partial charge in [0.1, 0.15) is 0 Å². The first kappa shape index (κ1) is 18.5. The van der Waals surface area contributed by atoms with Gasteiger partial charge >= 0.3 is 0 Å². The number of halogens is 1. The van der Waals surface area contributed by atoms with Gasteiger partial charge in [0.2, 0.25) is 0 Å². The van der Waals surface area contributed by atoms with Crippen LogP contribution >= 0.6 is 27.3 Å². The summed E-state index contributed by atoms with van der Waals surface area (Å²) in [5, 5.41) is 1.94. The molecule has 0 saturated carbocycles. The Morgan fingerprint density at radius 2 is 1.87 bits per heavy atom. The zero-order valence-corrected chi connectivity index (χ0v) is 16.8. The third kappa shape index (κ3) is 4.18. The molecule has 0 aliphatic rings. The Morgan fingerprint density at radius 3 is 2.39 bits per heavy atom. The van der Waals surface area contributed by atoms with Gasteiger partial charge in [-0.2, -0.15) is 0 Å². The SMILES string of the molecule is CC(C)(C)S(=O)N[C@](C)(c1cccc(Br)c1)c1csc(C=O)c1. The largest absolute Gasteiger partial charge is 0.297 e. The van der Waals surface area contributed by atoms with Gasteiger partial charge in [0.05, 0.1) is 26.1 Å². The Balaban J connectivity index is 2.54. The predicted octanol–water partition coefficient (Wildman–Crippen LogP) is 4.64. The van der Waals surface area contributed by atoms with E-state index in [0.29, 0.717) is 4.88 Å². The van der Waals surface area contributed by atoms with Gasteiger partial charge in [0.25, 0.3) is 0 Å². The lowest BCUT2D eigenvalue weighted by Crippen LogP contribution is -2.46. The van der Waals surface area contributed by atoms with E-state index in [1.807, 2.05) is 63.4 Å². The van der Waals surface area contributed by atoms with E-state index < -0.39 is 21.3 Å². The third-order valence-corrected chi connectivity index (χ3v) is 6.63. The van der Waals surface area contributed by atoms with Crippen molar-refractivity contribution in [2.75, 3.05) is 0 Å². The Labute approximate surface area is 152 Å². The second-order valence-corrected chi connectivity index (χ2v) is 10.3. The molecule has 0 saturated heterocycles. The number of carbonyl (C=O) groups is 1. The second-order valence-electron chi connectivity index (χ2n) is 6.47. The van der Waals surface area contributed by atoms with Gasteiger partial charge in [-0.3, -0.25) is 4.79 Å². The molecule has 0 amide bonds. The zero-order valence-electron chi connectivity index (χ0n) is 13.6. The summed E-state index contributed by atoms with van der Waals surface area (Å²) in [6, 6.07) is 9.76. The molecule has 3 nitrogen and oxygen atoms in total. The molecule has 0 radical (unpaired) electrons. The number of aldehydes is 1. The molecular weight excluding hydrogens is 394 g/mol. The maximum Gasteiger partial charge on any atom is 0.160 e. The Bertz CT molecular complexity index is 736. The van der Waals surface area contributed by atoms with Crippen molar-refractivity contribution in [2.24, 2.45) is 0 Å². The van der Waals surface area contributed by atoms with Crippen LogP contribution in [0.1, 0.15) is 48.5 Å². The predicted molar refractivity (Wildman–Crippen MR) is 101 cm³/mol. The summed E-state index contributed by atoms with van der Waals surface area (Å²) in [6.07, 6.45) is 0.843. The van der Waals surface area contributed by atoms with Crippen LogP contribution < -0.4 is 4.72 Å². The smallest absolute Gasteiger partial charge is 0.160 e. The van der Waals surface area contributed by atoms with Crippen LogP contribution in [-0.2, 0) is 16.5 Å². The van der Waals surface area contributed by atoms with E-state index >= 15 is 0 Å². The Kier molecular flexibility index (Phi) is 5.61. The first-order chi connectivity index (χ1) is 10.7. The summed E-state index contributed by atoms with van der Waals surface area (Å²) in [5.74, 6) is 0. The lowest BCUT2D eigenvalue weighted by Gasteiger charge is -2.33. The topological polar surface area (TPSA) is 46.2 Å². The van der Waals surface area contributed by atoms with Gasteiger partial charge < -0.3 is 0 Å². The molecule has 2 aromatic rings. The molecule has 0 aliphatic carbocycles.